The summed E-state index contributed by atoms with van der Waals surface area (Å²) in [6.07, 6.45) is 2.15. The van der Waals surface area contributed by atoms with E-state index in [0.717, 1.165) is 43.1 Å². The van der Waals surface area contributed by atoms with Gasteiger partial charge in [0.1, 0.15) is 6.04 Å². The zero-order chi connectivity index (χ0) is 20.5. The van der Waals surface area contributed by atoms with E-state index in [4.69, 9.17) is 22.1 Å². The number of halogens is 1. The minimum atomic E-state index is -0.635. The minimum absolute atomic E-state index is 0.137. The van der Waals surface area contributed by atoms with Crippen LogP contribution in [0.3, 0.4) is 0 Å². The first kappa shape index (κ1) is 21.8. The Hall–Kier alpha value is -1.92. The summed E-state index contributed by atoms with van der Waals surface area (Å²) in [5.74, 6) is 0.361. The van der Waals surface area contributed by atoms with Gasteiger partial charge in [0.15, 0.2) is 0 Å². The molecule has 0 spiro atoms. The maximum absolute atomic E-state index is 12.2. The maximum Gasteiger partial charge on any atom is 0.239 e. The van der Waals surface area contributed by atoms with Crippen LogP contribution in [-0.4, -0.2) is 43.1 Å². The lowest BCUT2D eigenvalue weighted by molar-refractivity contribution is -0.124. The van der Waals surface area contributed by atoms with Crippen LogP contribution in [-0.2, 0) is 22.7 Å². The smallest absolute Gasteiger partial charge is 0.239 e. The Labute approximate surface area is 178 Å². The van der Waals surface area contributed by atoms with Gasteiger partial charge in [-0.25, -0.2) is 0 Å². The number of likely N-dealkylation sites (tertiary alicyclic amines) is 1. The molecule has 1 amide bonds. The van der Waals surface area contributed by atoms with Crippen molar-refractivity contribution in [2.24, 2.45) is 11.7 Å². The van der Waals surface area contributed by atoms with Crippen molar-refractivity contribution in [2.45, 2.75) is 32.0 Å². The summed E-state index contributed by atoms with van der Waals surface area (Å²) in [4.78, 5) is 14.7. The van der Waals surface area contributed by atoms with Crippen molar-refractivity contribution in [3.8, 4) is 0 Å². The van der Waals surface area contributed by atoms with Crippen LogP contribution in [0.1, 0.15) is 24.0 Å². The number of carbonyl (C=O) groups excluding carboxylic acids is 1. The third-order valence-corrected chi connectivity index (χ3v) is 5.59. The first-order valence-corrected chi connectivity index (χ1v) is 10.6. The Morgan fingerprint density at radius 3 is 2.48 bits per heavy atom. The second-order valence-corrected chi connectivity index (χ2v) is 8.13. The Morgan fingerprint density at radius 2 is 1.79 bits per heavy atom. The fourth-order valence-corrected chi connectivity index (χ4v) is 3.65. The zero-order valence-electron chi connectivity index (χ0n) is 16.7. The van der Waals surface area contributed by atoms with E-state index < -0.39 is 6.04 Å². The molecule has 1 aliphatic heterocycles. The lowest BCUT2D eigenvalue weighted by Crippen LogP contribution is -2.46. The summed E-state index contributed by atoms with van der Waals surface area (Å²) < 4.78 is 5.57. The summed E-state index contributed by atoms with van der Waals surface area (Å²) >= 11 is 5.95. The van der Waals surface area contributed by atoms with Gasteiger partial charge in [0.2, 0.25) is 5.91 Å². The molecule has 1 heterocycles. The number of ether oxygens (including phenoxy) is 1. The van der Waals surface area contributed by atoms with Crippen LogP contribution in [0, 0.1) is 5.92 Å². The number of hydrogen-bond acceptors (Lipinski definition) is 4. The maximum atomic E-state index is 12.2. The molecule has 3 N–H and O–H groups in total. The molecular formula is C23H30ClN3O2. The second-order valence-electron chi connectivity index (χ2n) is 7.70. The molecule has 0 aliphatic carbocycles. The summed E-state index contributed by atoms with van der Waals surface area (Å²) in [7, 11) is 0. The van der Waals surface area contributed by atoms with Crippen molar-refractivity contribution in [2.75, 3.05) is 26.2 Å². The molecule has 3 rings (SSSR count). The molecule has 5 nitrogen and oxygen atoms in total. The molecule has 29 heavy (non-hydrogen) atoms. The number of piperidine rings is 1. The monoisotopic (exact) mass is 415 g/mol. The number of hydrogen-bond donors (Lipinski definition) is 2. The van der Waals surface area contributed by atoms with Crippen molar-refractivity contribution in [3.05, 3.63) is 70.7 Å². The fraction of sp³-hybridized carbons (Fsp3) is 0.435. The molecule has 156 valence electrons. The average Bonchev–Trinajstić information content (AvgIpc) is 2.75. The highest BCUT2D eigenvalue weighted by Gasteiger charge is 2.21. The number of benzene rings is 2. The van der Waals surface area contributed by atoms with Crippen molar-refractivity contribution in [3.63, 3.8) is 0 Å². The van der Waals surface area contributed by atoms with Crippen LogP contribution in [0.2, 0.25) is 5.02 Å². The number of nitrogens with zero attached hydrogens (tertiary/aromatic N) is 1. The summed E-state index contributed by atoms with van der Waals surface area (Å²) in [6.45, 7) is 4.39. The second kappa shape index (κ2) is 11.3. The van der Waals surface area contributed by atoms with E-state index in [0.29, 0.717) is 19.1 Å². The van der Waals surface area contributed by atoms with Crippen LogP contribution in [0.5, 0.6) is 0 Å². The van der Waals surface area contributed by atoms with Crippen LogP contribution >= 0.6 is 11.6 Å². The van der Waals surface area contributed by atoms with E-state index in [2.05, 4.69) is 22.3 Å². The normalized spacial score (nSPS) is 16.5. The van der Waals surface area contributed by atoms with E-state index >= 15 is 0 Å². The molecule has 0 unspecified atom stereocenters. The number of rotatable bonds is 9. The number of carbonyl (C=O) groups is 1. The standard InChI is InChI=1S/C23H30ClN3O2/c24-21-8-6-19(7-9-21)15-27-12-10-18(11-13-27)14-26-23(28)22(25)17-29-16-20-4-2-1-3-5-20/h1-9,18,22H,10-17,25H2,(H,26,28)/t22-/m0/s1. The molecule has 0 saturated carbocycles. The third-order valence-electron chi connectivity index (χ3n) is 5.34. The van der Waals surface area contributed by atoms with Crippen LogP contribution in [0.4, 0.5) is 0 Å². The summed E-state index contributed by atoms with van der Waals surface area (Å²) in [5.41, 5.74) is 8.32. The van der Waals surface area contributed by atoms with Crippen molar-refractivity contribution in [1.82, 2.24) is 10.2 Å². The number of nitrogens with two attached hydrogens (primary N) is 1. The van der Waals surface area contributed by atoms with Gasteiger partial charge in [-0.05, 0) is 55.1 Å². The summed E-state index contributed by atoms with van der Waals surface area (Å²) in [6, 6.07) is 17.3. The van der Waals surface area contributed by atoms with Crippen molar-refractivity contribution >= 4 is 17.5 Å². The topological polar surface area (TPSA) is 67.6 Å². The van der Waals surface area contributed by atoms with E-state index in [1.807, 2.05) is 42.5 Å². The molecule has 1 atom stereocenters. The zero-order valence-corrected chi connectivity index (χ0v) is 17.5. The highest BCUT2D eigenvalue weighted by molar-refractivity contribution is 6.30. The highest BCUT2D eigenvalue weighted by Crippen LogP contribution is 2.19. The molecule has 0 aromatic heterocycles. The van der Waals surface area contributed by atoms with E-state index in [-0.39, 0.29) is 12.5 Å². The molecule has 0 bridgehead atoms. The number of amides is 1. The molecule has 2 aromatic rings. The molecule has 1 aliphatic rings. The van der Waals surface area contributed by atoms with Gasteiger partial charge < -0.3 is 15.8 Å². The first-order valence-electron chi connectivity index (χ1n) is 10.2. The van der Waals surface area contributed by atoms with Gasteiger partial charge in [0, 0.05) is 18.1 Å². The van der Waals surface area contributed by atoms with E-state index in [1.54, 1.807) is 0 Å². The van der Waals surface area contributed by atoms with Gasteiger partial charge in [-0.2, -0.15) is 0 Å². The molecule has 2 aromatic carbocycles. The lowest BCUT2D eigenvalue weighted by atomic mass is 9.96. The van der Waals surface area contributed by atoms with Gasteiger partial charge in [0.25, 0.3) is 0 Å². The first-order chi connectivity index (χ1) is 14.1. The van der Waals surface area contributed by atoms with Crippen LogP contribution < -0.4 is 11.1 Å². The molecule has 6 heteroatoms. The Kier molecular flexibility index (Phi) is 8.50. The lowest BCUT2D eigenvalue weighted by Gasteiger charge is -2.32. The van der Waals surface area contributed by atoms with Gasteiger partial charge >= 0.3 is 0 Å². The number of nitrogens with one attached hydrogen (secondary N) is 1. The largest absolute Gasteiger partial charge is 0.375 e. The average molecular weight is 416 g/mol. The van der Waals surface area contributed by atoms with Gasteiger partial charge in [0.05, 0.1) is 13.2 Å². The Balaban J connectivity index is 1.30. The van der Waals surface area contributed by atoms with Gasteiger partial charge in [-0.1, -0.05) is 54.1 Å². The molecule has 1 fully saturated rings. The van der Waals surface area contributed by atoms with Crippen LogP contribution in [0.15, 0.2) is 54.6 Å². The SMILES string of the molecule is N[C@@H](COCc1ccccc1)C(=O)NCC1CCN(Cc2ccc(Cl)cc2)CC1. The predicted octanol–water partition coefficient (Wildman–Crippen LogP) is 3.21. The molecule has 0 radical (unpaired) electrons. The third kappa shape index (κ3) is 7.44. The molecular weight excluding hydrogens is 386 g/mol. The predicted molar refractivity (Wildman–Crippen MR) is 117 cm³/mol. The van der Waals surface area contributed by atoms with Crippen molar-refractivity contribution < 1.29 is 9.53 Å². The minimum Gasteiger partial charge on any atom is -0.375 e. The Bertz CT molecular complexity index is 746. The van der Waals surface area contributed by atoms with E-state index in [9.17, 15) is 4.79 Å². The van der Waals surface area contributed by atoms with Gasteiger partial charge in [-0.3, -0.25) is 9.69 Å². The molecule has 1 saturated heterocycles. The van der Waals surface area contributed by atoms with Crippen molar-refractivity contribution in [1.29, 1.82) is 0 Å². The van der Waals surface area contributed by atoms with E-state index in [1.165, 1.54) is 5.56 Å². The van der Waals surface area contributed by atoms with Crippen LogP contribution in [0.25, 0.3) is 0 Å². The fourth-order valence-electron chi connectivity index (χ4n) is 3.53. The quantitative estimate of drug-likeness (QED) is 0.659. The summed E-state index contributed by atoms with van der Waals surface area (Å²) in [5, 5.41) is 3.76. The van der Waals surface area contributed by atoms with Gasteiger partial charge in [-0.15, -0.1) is 0 Å². The highest BCUT2D eigenvalue weighted by atomic mass is 35.5. The Morgan fingerprint density at radius 1 is 1.10 bits per heavy atom.